The molecular weight excluding hydrogens is 361 g/mol. The van der Waals surface area contributed by atoms with Crippen LogP contribution < -0.4 is 4.74 Å². The number of piperidine rings is 1. The summed E-state index contributed by atoms with van der Waals surface area (Å²) in [6, 6.07) is 6.06. The van der Waals surface area contributed by atoms with Crippen LogP contribution in [-0.2, 0) is 11.3 Å². The molecule has 5 nitrogen and oxygen atoms in total. The van der Waals surface area contributed by atoms with Gasteiger partial charge < -0.3 is 14.7 Å². The van der Waals surface area contributed by atoms with Gasteiger partial charge in [-0.25, -0.2) is 0 Å². The van der Waals surface area contributed by atoms with E-state index in [1.165, 1.54) is 12.1 Å². The lowest BCUT2D eigenvalue weighted by molar-refractivity contribution is -0.274. The summed E-state index contributed by atoms with van der Waals surface area (Å²) in [7, 11) is 0. The fourth-order valence-corrected chi connectivity index (χ4v) is 4.35. The van der Waals surface area contributed by atoms with Crippen molar-refractivity contribution in [3.05, 3.63) is 29.8 Å². The topological polar surface area (TPSA) is 53.0 Å². The molecule has 2 fully saturated rings. The summed E-state index contributed by atoms with van der Waals surface area (Å²) >= 11 is 0. The minimum atomic E-state index is -4.69. The van der Waals surface area contributed by atoms with Gasteiger partial charge in [0.15, 0.2) is 0 Å². The molecular formula is C19H25F3N2O3. The zero-order chi connectivity index (χ0) is 19.7. The van der Waals surface area contributed by atoms with Crippen molar-refractivity contribution in [2.45, 2.75) is 32.7 Å². The molecule has 0 radical (unpaired) electrons. The highest BCUT2D eigenvalue weighted by Gasteiger charge is 2.48. The number of aliphatic hydroxyl groups is 1. The largest absolute Gasteiger partial charge is 0.573 e. The summed E-state index contributed by atoms with van der Waals surface area (Å²) in [6.45, 7) is 5.02. The Hall–Kier alpha value is -1.80. The Bertz CT molecular complexity index is 672. The molecule has 0 saturated carbocycles. The van der Waals surface area contributed by atoms with E-state index < -0.39 is 6.36 Å². The Morgan fingerprint density at radius 3 is 2.63 bits per heavy atom. The van der Waals surface area contributed by atoms with Crippen LogP contribution in [0.4, 0.5) is 13.2 Å². The molecule has 2 heterocycles. The number of hydrogen-bond donors (Lipinski definition) is 1. The highest BCUT2D eigenvalue weighted by Crippen LogP contribution is 2.44. The fraction of sp³-hybridized carbons (Fsp3) is 0.632. The maximum Gasteiger partial charge on any atom is 0.573 e. The van der Waals surface area contributed by atoms with Gasteiger partial charge in [-0.15, -0.1) is 13.2 Å². The molecule has 0 aromatic heterocycles. The van der Waals surface area contributed by atoms with Crippen molar-refractivity contribution in [3.63, 3.8) is 0 Å². The van der Waals surface area contributed by atoms with Gasteiger partial charge in [-0.2, -0.15) is 0 Å². The quantitative estimate of drug-likeness (QED) is 0.865. The molecule has 0 bridgehead atoms. The van der Waals surface area contributed by atoms with E-state index in [1.54, 1.807) is 19.1 Å². The van der Waals surface area contributed by atoms with E-state index in [4.69, 9.17) is 0 Å². The summed E-state index contributed by atoms with van der Waals surface area (Å²) in [6.07, 6.45) is -2.97. The van der Waals surface area contributed by atoms with Crippen LogP contribution in [-0.4, -0.2) is 60.0 Å². The first-order valence-electron chi connectivity index (χ1n) is 9.14. The van der Waals surface area contributed by atoms with Gasteiger partial charge >= 0.3 is 6.36 Å². The smallest absolute Gasteiger partial charge is 0.406 e. The van der Waals surface area contributed by atoms with Crippen molar-refractivity contribution >= 4 is 5.91 Å². The fourth-order valence-electron chi connectivity index (χ4n) is 4.35. The van der Waals surface area contributed by atoms with Gasteiger partial charge in [-0.05, 0) is 49.0 Å². The van der Waals surface area contributed by atoms with Crippen molar-refractivity contribution in [2.75, 3.05) is 32.8 Å². The first-order chi connectivity index (χ1) is 12.7. The average molecular weight is 386 g/mol. The molecule has 2 saturated heterocycles. The summed E-state index contributed by atoms with van der Waals surface area (Å²) in [5.74, 6) is -0.0805. The Kier molecular flexibility index (Phi) is 5.67. The zero-order valence-corrected chi connectivity index (χ0v) is 15.3. The lowest BCUT2D eigenvalue weighted by Crippen LogP contribution is -2.44. The number of hydrogen-bond acceptors (Lipinski definition) is 4. The molecule has 150 valence electrons. The number of nitrogens with zero attached hydrogens (tertiary/aromatic N) is 2. The minimum Gasteiger partial charge on any atom is -0.406 e. The van der Waals surface area contributed by atoms with Gasteiger partial charge in [0.2, 0.25) is 5.91 Å². The van der Waals surface area contributed by atoms with Gasteiger partial charge in [0.1, 0.15) is 5.75 Å². The summed E-state index contributed by atoms with van der Waals surface area (Å²) in [5, 5.41) is 9.75. The number of alkyl halides is 3. The van der Waals surface area contributed by atoms with Crippen molar-refractivity contribution in [1.82, 2.24) is 9.80 Å². The molecule has 1 aromatic rings. The predicted octanol–water partition coefficient (Wildman–Crippen LogP) is 2.64. The van der Waals surface area contributed by atoms with Crippen LogP contribution in [0.2, 0.25) is 0 Å². The van der Waals surface area contributed by atoms with Crippen LogP contribution >= 0.6 is 0 Å². The van der Waals surface area contributed by atoms with Gasteiger partial charge in [-0.1, -0.05) is 12.1 Å². The number of rotatable bonds is 4. The van der Waals surface area contributed by atoms with E-state index >= 15 is 0 Å². The first-order valence-corrected chi connectivity index (χ1v) is 9.14. The normalized spacial score (nSPS) is 23.0. The Labute approximate surface area is 156 Å². The second-order valence-electron chi connectivity index (χ2n) is 7.61. The molecule has 1 spiro atoms. The molecule has 27 heavy (non-hydrogen) atoms. The van der Waals surface area contributed by atoms with E-state index in [1.807, 2.05) is 4.90 Å². The van der Waals surface area contributed by atoms with Gasteiger partial charge in [0.05, 0.1) is 0 Å². The van der Waals surface area contributed by atoms with Crippen LogP contribution in [0.15, 0.2) is 24.3 Å². The Morgan fingerprint density at radius 2 is 2.04 bits per heavy atom. The number of aliphatic hydroxyl groups excluding tert-OH is 1. The average Bonchev–Trinajstić information content (AvgIpc) is 2.95. The third-order valence-corrected chi connectivity index (χ3v) is 5.87. The number of benzene rings is 1. The second-order valence-corrected chi connectivity index (χ2v) is 7.61. The third-order valence-electron chi connectivity index (χ3n) is 5.87. The van der Waals surface area contributed by atoms with Crippen LogP contribution in [0.1, 0.15) is 25.3 Å². The van der Waals surface area contributed by atoms with Crippen molar-refractivity contribution in [1.29, 1.82) is 0 Å². The molecule has 1 atom stereocenters. The molecule has 2 aliphatic heterocycles. The summed E-state index contributed by atoms with van der Waals surface area (Å²) in [5.41, 5.74) is 0.709. The van der Waals surface area contributed by atoms with E-state index in [0.717, 1.165) is 31.5 Å². The first kappa shape index (κ1) is 19.9. The Morgan fingerprint density at radius 1 is 1.33 bits per heavy atom. The van der Waals surface area contributed by atoms with Crippen LogP contribution in [0.5, 0.6) is 5.75 Å². The van der Waals surface area contributed by atoms with Gasteiger partial charge in [0, 0.05) is 39.1 Å². The number of ether oxygens (including phenoxy) is 1. The lowest BCUT2D eigenvalue weighted by Gasteiger charge is -2.42. The van der Waals surface area contributed by atoms with Crippen LogP contribution in [0.25, 0.3) is 0 Å². The SMILES string of the molecule is CC(=O)N1CC(CO)C2(CCN(Cc3cccc(OC(F)(F)F)c3)CC2)C1. The molecule has 1 unspecified atom stereocenters. The van der Waals surface area contributed by atoms with Crippen molar-refractivity contribution in [3.8, 4) is 5.75 Å². The van der Waals surface area contributed by atoms with Gasteiger partial charge in [0.25, 0.3) is 0 Å². The minimum absolute atomic E-state index is 0.0363. The van der Waals surface area contributed by atoms with Gasteiger partial charge in [-0.3, -0.25) is 9.69 Å². The maximum absolute atomic E-state index is 12.4. The van der Waals surface area contributed by atoms with Crippen LogP contribution in [0.3, 0.4) is 0 Å². The van der Waals surface area contributed by atoms with E-state index in [-0.39, 0.29) is 29.6 Å². The van der Waals surface area contributed by atoms with E-state index in [9.17, 15) is 23.1 Å². The number of likely N-dealkylation sites (tertiary alicyclic amines) is 2. The van der Waals surface area contributed by atoms with Crippen LogP contribution in [0, 0.1) is 11.3 Å². The lowest BCUT2D eigenvalue weighted by atomic mass is 9.71. The third kappa shape index (κ3) is 4.73. The standard InChI is InChI=1S/C19H25F3N2O3/c1-14(26)24-11-16(12-25)18(13-24)5-7-23(8-6-18)10-15-3-2-4-17(9-15)27-19(20,21)22/h2-4,9,16,25H,5-8,10-13H2,1H3. The van der Waals surface area contributed by atoms with E-state index in [2.05, 4.69) is 9.64 Å². The maximum atomic E-state index is 12.4. The second kappa shape index (κ2) is 7.67. The monoisotopic (exact) mass is 386 g/mol. The number of carbonyl (C=O) groups is 1. The highest BCUT2D eigenvalue weighted by molar-refractivity contribution is 5.73. The molecule has 8 heteroatoms. The Balaban J connectivity index is 1.60. The molecule has 3 rings (SSSR count). The molecule has 1 aromatic carbocycles. The highest BCUT2D eigenvalue weighted by atomic mass is 19.4. The molecule has 1 N–H and O–H groups in total. The number of amides is 1. The zero-order valence-electron chi connectivity index (χ0n) is 15.3. The molecule has 0 aliphatic carbocycles. The van der Waals surface area contributed by atoms with Crippen molar-refractivity contribution in [2.24, 2.45) is 11.3 Å². The number of halogens is 3. The number of carbonyl (C=O) groups excluding carboxylic acids is 1. The molecule has 1 amide bonds. The summed E-state index contributed by atoms with van der Waals surface area (Å²) < 4.78 is 41.1. The van der Waals surface area contributed by atoms with Crippen molar-refractivity contribution < 1.29 is 27.8 Å². The molecule has 2 aliphatic rings. The predicted molar refractivity (Wildman–Crippen MR) is 92.9 cm³/mol. The van der Waals surface area contributed by atoms with E-state index in [0.29, 0.717) is 19.6 Å². The summed E-state index contributed by atoms with van der Waals surface area (Å²) in [4.78, 5) is 15.7.